The molecule has 0 radical (unpaired) electrons. The van der Waals surface area contributed by atoms with E-state index >= 15 is 0 Å². The van der Waals surface area contributed by atoms with E-state index in [-0.39, 0.29) is 5.56 Å². The molecule has 0 unspecified atom stereocenters. The van der Waals surface area contributed by atoms with Crippen molar-refractivity contribution in [3.63, 3.8) is 0 Å². The maximum absolute atomic E-state index is 13.6. The molecule has 1 amide bonds. The fourth-order valence-corrected chi connectivity index (χ4v) is 2.04. The van der Waals surface area contributed by atoms with Gasteiger partial charge in [0.1, 0.15) is 11.6 Å². The van der Waals surface area contributed by atoms with Crippen LogP contribution in [0.25, 0.3) is 10.9 Å². The van der Waals surface area contributed by atoms with Gasteiger partial charge in [0.2, 0.25) is 0 Å². The number of rotatable bonds is 3. The Kier molecular flexibility index (Phi) is 3.27. The summed E-state index contributed by atoms with van der Waals surface area (Å²) in [5.74, 6) is -0.0899. The largest absolute Gasteiger partial charge is 0.497 e. The molecule has 1 heterocycles. The van der Waals surface area contributed by atoms with E-state index in [1.54, 1.807) is 31.4 Å². The van der Waals surface area contributed by atoms with Gasteiger partial charge < -0.3 is 10.1 Å². The van der Waals surface area contributed by atoms with Crippen LogP contribution in [0.5, 0.6) is 5.75 Å². The van der Waals surface area contributed by atoms with Gasteiger partial charge in [-0.05, 0) is 24.3 Å². The van der Waals surface area contributed by atoms with Gasteiger partial charge >= 0.3 is 0 Å². The van der Waals surface area contributed by atoms with Crippen molar-refractivity contribution in [2.24, 2.45) is 0 Å². The average molecular weight is 285 g/mol. The van der Waals surface area contributed by atoms with Gasteiger partial charge in [-0.2, -0.15) is 5.10 Å². The topological polar surface area (TPSA) is 67.0 Å². The second-order valence-electron chi connectivity index (χ2n) is 4.42. The highest BCUT2D eigenvalue weighted by atomic mass is 19.1. The van der Waals surface area contributed by atoms with Crippen molar-refractivity contribution in [2.75, 3.05) is 12.4 Å². The zero-order chi connectivity index (χ0) is 14.8. The molecule has 0 atom stereocenters. The van der Waals surface area contributed by atoms with Crippen molar-refractivity contribution >= 4 is 22.6 Å². The standard InChI is InChI=1S/C15H12FN3O2/c1-21-9-6-7-11-13(8-9)18-19-14(11)17-15(20)10-4-2-3-5-12(10)16/h2-8H,1H3,(H2,17,18,19,20). The Morgan fingerprint density at radius 1 is 1.29 bits per heavy atom. The fraction of sp³-hybridized carbons (Fsp3) is 0.0667. The van der Waals surface area contributed by atoms with Crippen molar-refractivity contribution in [3.05, 3.63) is 53.8 Å². The second kappa shape index (κ2) is 5.24. The van der Waals surface area contributed by atoms with Crippen LogP contribution in [0.3, 0.4) is 0 Å². The molecule has 0 fully saturated rings. The van der Waals surface area contributed by atoms with Crippen LogP contribution in [0.1, 0.15) is 10.4 Å². The Hall–Kier alpha value is -2.89. The molecule has 0 bridgehead atoms. The summed E-state index contributed by atoms with van der Waals surface area (Å²) in [6.07, 6.45) is 0. The van der Waals surface area contributed by atoms with Crippen molar-refractivity contribution in [2.45, 2.75) is 0 Å². The quantitative estimate of drug-likeness (QED) is 0.777. The predicted molar refractivity (Wildman–Crippen MR) is 77.0 cm³/mol. The number of fused-ring (bicyclic) bond motifs is 1. The predicted octanol–water partition coefficient (Wildman–Crippen LogP) is 2.96. The molecule has 5 nitrogen and oxygen atoms in total. The van der Waals surface area contributed by atoms with Gasteiger partial charge in [-0.15, -0.1) is 0 Å². The number of aromatic amines is 1. The lowest BCUT2D eigenvalue weighted by Crippen LogP contribution is -2.14. The van der Waals surface area contributed by atoms with Crippen molar-refractivity contribution < 1.29 is 13.9 Å². The zero-order valence-corrected chi connectivity index (χ0v) is 11.2. The first-order valence-corrected chi connectivity index (χ1v) is 6.27. The van der Waals surface area contributed by atoms with E-state index in [4.69, 9.17) is 4.74 Å². The number of amides is 1. The Labute approximate surface area is 119 Å². The number of ether oxygens (including phenoxy) is 1. The number of nitrogens with zero attached hydrogens (tertiary/aromatic N) is 1. The van der Waals surface area contributed by atoms with E-state index in [0.717, 1.165) is 10.9 Å². The Bertz CT molecular complexity index is 814. The van der Waals surface area contributed by atoms with E-state index in [2.05, 4.69) is 15.5 Å². The SMILES string of the molecule is COc1ccc2c(NC(=O)c3ccccc3F)n[nH]c2c1. The molecule has 3 aromatic rings. The summed E-state index contributed by atoms with van der Waals surface area (Å²) in [4.78, 5) is 12.1. The number of nitrogens with one attached hydrogen (secondary N) is 2. The number of anilines is 1. The minimum Gasteiger partial charge on any atom is -0.497 e. The van der Waals surface area contributed by atoms with Crippen LogP contribution in [0.4, 0.5) is 10.2 Å². The second-order valence-corrected chi connectivity index (χ2v) is 4.42. The highest BCUT2D eigenvalue weighted by molar-refractivity contribution is 6.08. The number of hydrogen-bond acceptors (Lipinski definition) is 3. The smallest absolute Gasteiger partial charge is 0.259 e. The van der Waals surface area contributed by atoms with Crippen LogP contribution in [0, 0.1) is 5.82 Å². The van der Waals surface area contributed by atoms with Crippen LogP contribution < -0.4 is 10.1 Å². The summed E-state index contributed by atoms with van der Waals surface area (Å²) in [6.45, 7) is 0. The monoisotopic (exact) mass is 285 g/mol. The first kappa shape index (κ1) is 13.1. The summed E-state index contributed by atoms with van der Waals surface area (Å²) in [5.41, 5.74) is 0.695. The minimum atomic E-state index is -0.573. The molecular weight excluding hydrogens is 273 g/mol. The molecule has 0 saturated heterocycles. The van der Waals surface area contributed by atoms with Gasteiger partial charge in [-0.25, -0.2) is 4.39 Å². The van der Waals surface area contributed by atoms with Gasteiger partial charge in [0.25, 0.3) is 5.91 Å². The lowest BCUT2D eigenvalue weighted by atomic mass is 10.2. The number of hydrogen-bond donors (Lipinski definition) is 2. The fourth-order valence-electron chi connectivity index (χ4n) is 2.04. The first-order chi connectivity index (χ1) is 10.2. The van der Waals surface area contributed by atoms with Crippen molar-refractivity contribution in [1.82, 2.24) is 10.2 Å². The third-order valence-electron chi connectivity index (χ3n) is 3.12. The number of H-pyrrole nitrogens is 1. The zero-order valence-electron chi connectivity index (χ0n) is 11.2. The van der Waals surface area contributed by atoms with Crippen LogP contribution in [-0.2, 0) is 0 Å². The number of halogens is 1. The van der Waals surface area contributed by atoms with E-state index < -0.39 is 11.7 Å². The molecule has 0 aliphatic carbocycles. The summed E-state index contributed by atoms with van der Waals surface area (Å²) in [7, 11) is 1.57. The van der Waals surface area contributed by atoms with Gasteiger partial charge in [0.05, 0.1) is 18.2 Å². The maximum Gasteiger partial charge on any atom is 0.259 e. The number of benzene rings is 2. The minimum absolute atomic E-state index is 0.0258. The van der Waals surface area contributed by atoms with E-state index in [0.29, 0.717) is 11.6 Å². The molecular formula is C15H12FN3O2. The average Bonchev–Trinajstić information content (AvgIpc) is 2.89. The number of carbonyl (C=O) groups excluding carboxylic acids is 1. The van der Waals surface area contributed by atoms with Gasteiger partial charge in [-0.1, -0.05) is 12.1 Å². The highest BCUT2D eigenvalue weighted by Gasteiger charge is 2.14. The molecule has 2 N–H and O–H groups in total. The lowest BCUT2D eigenvalue weighted by molar-refractivity contribution is 0.102. The normalized spacial score (nSPS) is 10.6. The van der Waals surface area contributed by atoms with Crippen LogP contribution in [-0.4, -0.2) is 23.2 Å². The summed E-state index contributed by atoms with van der Waals surface area (Å²) < 4.78 is 18.7. The van der Waals surface area contributed by atoms with Crippen LogP contribution >= 0.6 is 0 Å². The molecule has 6 heteroatoms. The van der Waals surface area contributed by atoms with E-state index in [9.17, 15) is 9.18 Å². The Balaban J connectivity index is 1.92. The molecule has 0 aliphatic rings. The van der Waals surface area contributed by atoms with Crippen LogP contribution in [0.15, 0.2) is 42.5 Å². The molecule has 2 aromatic carbocycles. The number of aromatic nitrogens is 2. The molecule has 106 valence electrons. The van der Waals surface area contributed by atoms with Gasteiger partial charge in [0.15, 0.2) is 5.82 Å². The molecule has 21 heavy (non-hydrogen) atoms. The third kappa shape index (κ3) is 2.43. The van der Waals surface area contributed by atoms with E-state index in [1.807, 2.05) is 0 Å². The van der Waals surface area contributed by atoms with Crippen molar-refractivity contribution in [3.8, 4) is 5.75 Å². The third-order valence-corrected chi connectivity index (χ3v) is 3.12. The first-order valence-electron chi connectivity index (χ1n) is 6.27. The van der Waals surface area contributed by atoms with E-state index in [1.165, 1.54) is 18.2 Å². The maximum atomic E-state index is 13.6. The molecule has 0 spiro atoms. The Morgan fingerprint density at radius 3 is 2.86 bits per heavy atom. The number of carbonyl (C=O) groups is 1. The Morgan fingerprint density at radius 2 is 2.10 bits per heavy atom. The van der Waals surface area contributed by atoms with Gasteiger partial charge in [0, 0.05) is 11.5 Å². The van der Waals surface area contributed by atoms with Crippen LogP contribution in [0.2, 0.25) is 0 Å². The summed E-state index contributed by atoms with van der Waals surface area (Å²) >= 11 is 0. The van der Waals surface area contributed by atoms with Crippen molar-refractivity contribution in [1.29, 1.82) is 0 Å². The molecule has 0 saturated carbocycles. The summed E-state index contributed by atoms with van der Waals surface area (Å²) in [5, 5.41) is 10.1. The van der Waals surface area contributed by atoms with Gasteiger partial charge in [-0.3, -0.25) is 9.89 Å². The lowest BCUT2D eigenvalue weighted by Gasteiger charge is -2.04. The highest BCUT2D eigenvalue weighted by Crippen LogP contribution is 2.25. The summed E-state index contributed by atoms with van der Waals surface area (Å²) in [6, 6.07) is 11.1. The molecule has 1 aromatic heterocycles. The molecule has 0 aliphatic heterocycles. The molecule has 3 rings (SSSR count). The number of methoxy groups -OCH3 is 1.